The summed E-state index contributed by atoms with van der Waals surface area (Å²) in [5.41, 5.74) is 9.89. The minimum atomic E-state index is -0.196. The summed E-state index contributed by atoms with van der Waals surface area (Å²) in [6.45, 7) is 5.83. The quantitative estimate of drug-likeness (QED) is 0.739. The Labute approximate surface area is 112 Å². The van der Waals surface area contributed by atoms with Crippen LogP contribution in [-0.4, -0.2) is 16.1 Å². The Hall–Kier alpha value is -2.30. The maximum absolute atomic E-state index is 12.2. The van der Waals surface area contributed by atoms with Crippen LogP contribution in [0.3, 0.4) is 0 Å². The first-order valence-electron chi connectivity index (χ1n) is 6.23. The number of anilines is 2. The molecular formula is C14H18N4O. The van der Waals surface area contributed by atoms with Crippen LogP contribution in [-0.2, 0) is 6.42 Å². The van der Waals surface area contributed by atoms with Crippen molar-refractivity contribution in [1.82, 2.24) is 10.2 Å². The number of rotatable bonds is 3. The SMILES string of the molecule is CCc1cc(NC(=O)c2cc(N)c(C)cc2C)n[nH]1. The first kappa shape index (κ1) is 13.1. The number of nitrogen functional groups attached to an aromatic ring is 1. The minimum Gasteiger partial charge on any atom is -0.398 e. The number of H-pyrrole nitrogens is 1. The van der Waals surface area contributed by atoms with Gasteiger partial charge in [0.25, 0.3) is 5.91 Å². The van der Waals surface area contributed by atoms with E-state index in [4.69, 9.17) is 5.73 Å². The van der Waals surface area contributed by atoms with Gasteiger partial charge >= 0.3 is 0 Å². The number of hydrogen-bond acceptors (Lipinski definition) is 3. The van der Waals surface area contributed by atoms with Crippen LogP contribution in [0.5, 0.6) is 0 Å². The van der Waals surface area contributed by atoms with E-state index in [1.165, 1.54) is 0 Å². The molecule has 5 heteroatoms. The molecule has 0 bridgehead atoms. The average Bonchev–Trinajstić information content (AvgIpc) is 2.81. The van der Waals surface area contributed by atoms with Crippen molar-refractivity contribution in [2.45, 2.75) is 27.2 Å². The Balaban J connectivity index is 2.22. The second-order valence-electron chi connectivity index (χ2n) is 4.61. The van der Waals surface area contributed by atoms with Crippen LogP contribution in [0.1, 0.15) is 34.1 Å². The first-order valence-corrected chi connectivity index (χ1v) is 6.23. The number of nitrogens with two attached hydrogens (primary N) is 1. The Bertz CT molecular complexity index is 616. The van der Waals surface area contributed by atoms with Crippen molar-refractivity contribution in [1.29, 1.82) is 0 Å². The second kappa shape index (κ2) is 5.14. The normalized spacial score (nSPS) is 10.5. The van der Waals surface area contributed by atoms with Gasteiger partial charge in [-0.25, -0.2) is 0 Å². The van der Waals surface area contributed by atoms with E-state index in [9.17, 15) is 4.79 Å². The van der Waals surface area contributed by atoms with Crippen LogP contribution < -0.4 is 11.1 Å². The molecule has 0 unspecified atom stereocenters. The van der Waals surface area contributed by atoms with Crippen molar-refractivity contribution < 1.29 is 4.79 Å². The number of carbonyl (C=O) groups is 1. The molecule has 100 valence electrons. The molecule has 0 radical (unpaired) electrons. The highest BCUT2D eigenvalue weighted by Crippen LogP contribution is 2.19. The molecule has 0 saturated carbocycles. The predicted molar refractivity (Wildman–Crippen MR) is 76.2 cm³/mol. The van der Waals surface area contributed by atoms with Gasteiger partial charge in [-0.1, -0.05) is 13.0 Å². The molecule has 19 heavy (non-hydrogen) atoms. The molecule has 2 rings (SSSR count). The van der Waals surface area contributed by atoms with Gasteiger partial charge in [0.1, 0.15) is 0 Å². The topological polar surface area (TPSA) is 83.8 Å². The molecule has 0 spiro atoms. The van der Waals surface area contributed by atoms with Gasteiger partial charge in [-0.05, 0) is 37.5 Å². The van der Waals surface area contributed by atoms with Gasteiger partial charge in [0.05, 0.1) is 0 Å². The standard InChI is InChI=1S/C14H18N4O/c1-4-10-6-13(18-17-10)16-14(19)11-7-12(15)9(3)5-8(11)2/h5-7H,4,15H2,1-3H3,(H2,16,17,18,19). The zero-order valence-corrected chi connectivity index (χ0v) is 11.4. The van der Waals surface area contributed by atoms with Gasteiger partial charge in [-0.3, -0.25) is 9.89 Å². The maximum atomic E-state index is 12.2. The van der Waals surface area contributed by atoms with Crippen LogP contribution in [0.25, 0.3) is 0 Å². The summed E-state index contributed by atoms with van der Waals surface area (Å²) in [6, 6.07) is 5.43. The molecular weight excluding hydrogens is 240 g/mol. The van der Waals surface area contributed by atoms with Crippen molar-refractivity contribution in [3.05, 3.63) is 40.6 Å². The first-order chi connectivity index (χ1) is 9.01. The van der Waals surface area contributed by atoms with Crippen LogP contribution in [0.15, 0.2) is 18.2 Å². The lowest BCUT2D eigenvalue weighted by Gasteiger charge is -2.08. The van der Waals surface area contributed by atoms with Crippen molar-refractivity contribution >= 4 is 17.4 Å². The largest absolute Gasteiger partial charge is 0.398 e. The Morgan fingerprint density at radius 1 is 1.32 bits per heavy atom. The van der Waals surface area contributed by atoms with Crippen molar-refractivity contribution in [2.24, 2.45) is 0 Å². The van der Waals surface area contributed by atoms with E-state index in [1.807, 2.05) is 32.9 Å². The van der Waals surface area contributed by atoms with E-state index < -0.39 is 0 Å². The van der Waals surface area contributed by atoms with E-state index in [1.54, 1.807) is 6.07 Å². The van der Waals surface area contributed by atoms with Gasteiger partial charge in [0.2, 0.25) is 0 Å². The fourth-order valence-electron chi connectivity index (χ4n) is 1.90. The Morgan fingerprint density at radius 3 is 2.68 bits per heavy atom. The molecule has 5 nitrogen and oxygen atoms in total. The number of aromatic nitrogens is 2. The lowest BCUT2D eigenvalue weighted by Crippen LogP contribution is -2.14. The lowest BCUT2D eigenvalue weighted by molar-refractivity contribution is 0.102. The highest BCUT2D eigenvalue weighted by molar-refractivity contribution is 6.05. The average molecular weight is 258 g/mol. The number of aryl methyl sites for hydroxylation is 3. The molecule has 1 heterocycles. The van der Waals surface area contributed by atoms with Gasteiger partial charge < -0.3 is 11.1 Å². The molecule has 1 aromatic carbocycles. The molecule has 1 amide bonds. The summed E-state index contributed by atoms with van der Waals surface area (Å²) >= 11 is 0. The van der Waals surface area contributed by atoms with E-state index in [2.05, 4.69) is 15.5 Å². The number of hydrogen-bond donors (Lipinski definition) is 3. The van der Waals surface area contributed by atoms with E-state index in [0.717, 1.165) is 23.2 Å². The van der Waals surface area contributed by atoms with Gasteiger partial charge in [0.15, 0.2) is 5.82 Å². The number of carbonyl (C=O) groups excluding carboxylic acids is 1. The van der Waals surface area contributed by atoms with Crippen molar-refractivity contribution in [3.8, 4) is 0 Å². The summed E-state index contributed by atoms with van der Waals surface area (Å²) < 4.78 is 0. The Kier molecular flexibility index (Phi) is 3.55. The molecule has 0 aliphatic rings. The summed E-state index contributed by atoms with van der Waals surface area (Å²) in [6.07, 6.45) is 0.847. The van der Waals surface area contributed by atoms with E-state index in [-0.39, 0.29) is 5.91 Å². The predicted octanol–water partition coefficient (Wildman–Crippen LogP) is 2.42. The molecule has 2 aromatic rings. The molecule has 4 N–H and O–H groups in total. The zero-order chi connectivity index (χ0) is 14.0. The van der Waals surface area contributed by atoms with Crippen molar-refractivity contribution in [3.63, 3.8) is 0 Å². The molecule has 0 saturated heterocycles. The lowest BCUT2D eigenvalue weighted by atomic mass is 10.0. The van der Waals surface area contributed by atoms with Gasteiger partial charge in [0, 0.05) is 23.0 Å². The fourth-order valence-corrected chi connectivity index (χ4v) is 1.90. The molecule has 0 atom stereocenters. The summed E-state index contributed by atoms with van der Waals surface area (Å²) in [4.78, 5) is 12.2. The summed E-state index contributed by atoms with van der Waals surface area (Å²) in [7, 11) is 0. The third-order valence-corrected chi connectivity index (χ3v) is 3.11. The zero-order valence-electron chi connectivity index (χ0n) is 11.4. The van der Waals surface area contributed by atoms with Crippen LogP contribution in [0, 0.1) is 13.8 Å². The highest BCUT2D eigenvalue weighted by Gasteiger charge is 2.12. The highest BCUT2D eigenvalue weighted by atomic mass is 16.1. The second-order valence-corrected chi connectivity index (χ2v) is 4.61. The molecule has 0 aliphatic heterocycles. The van der Waals surface area contributed by atoms with Crippen LogP contribution >= 0.6 is 0 Å². The van der Waals surface area contributed by atoms with Crippen LogP contribution in [0.2, 0.25) is 0 Å². The van der Waals surface area contributed by atoms with Gasteiger partial charge in [-0.2, -0.15) is 5.10 Å². The smallest absolute Gasteiger partial charge is 0.257 e. The van der Waals surface area contributed by atoms with Crippen LogP contribution in [0.4, 0.5) is 11.5 Å². The fraction of sp³-hybridized carbons (Fsp3) is 0.286. The molecule has 0 fully saturated rings. The van der Waals surface area contributed by atoms with Crippen molar-refractivity contribution in [2.75, 3.05) is 11.1 Å². The number of benzene rings is 1. The number of nitrogens with one attached hydrogen (secondary N) is 2. The van der Waals surface area contributed by atoms with E-state index in [0.29, 0.717) is 17.1 Å². The molecule has 0 aliphatic carbocycles. The third-order valence-electron chi connectivity index (χ3n) is 3.11. The minimum absolute atomic E-state index is 0.196. The Morgan fingerprint density at radius 2 is 2.05 bits per heavy atom. The van der Waals surface area contributed by atoms with E-state index >= 15 is 0 Å². The monoisotopic (exact) mass is 258 g/mol. The molecule has 1 aromatic heterocycles. The maximum Gasteiger partial charge on any atom is 0.257 e. The number of aromatic amines is 1. The number of amides is 1. The summed E-state index contributed by atoms with van der Waals surface area (Å²) in [5, 5.41) is 9.66. The summed E-state index contributed by atoms with van der Waals surface area (Å²) in [5.74, 6) is 0.332. The number of nitrogens with zero attached hydrogens (tertiary/aromatic N) is 1. The van der Waals surface area contributed by atoms with Gasteiger partial charge in [-0.15, -0.1) is 0 Å². The third kappa shape index (κ3) is 2.76.